The summed E-state index contributed by atoms with van der Waals surface area (Å²) < 4.78 is 0. The van der Waals surface area contributed by atoms with Crippen molar-refractivity contribution in [2.24, 2.45) is 0 Å². The molecule has 0 bridgehead atoms. The monoisotopic (exact) mass is 419 g/mol. The quantitative estimate of drug-likeness (QED) is 0.417. The van der Waals surface area contributed by atoms with Crippen LogP contribution < -0.4 is 0 Å². The molecule has 5 rings (SSSR count). The van der Waals surface area contributed by atoms with Crippen molar-refractivity contribution in [3.63, 3.8) is 0 Å². The zero-order valence-corrected chi connectivity index (χ0v) is 18.3. The Morgan fingerprint density at radius 3 is 1.06 bits per heavy atom. The molecule has 4 atom stereocenters. The predicted octanol–water partition coefficient (Wildman–Crippen LogP) is 6.34. The molecular weight excluding hydrogens is 390 g/mol. The van der Waals surface area contributed by atoms with Crippen LogP contribution in [0.5, 0.6) is 0 Å². The van der Waals surface area contributed by atoms with E-state index >= 15 is 0 Å². The molecule has 4 aromatic rings. The molecule has 1 heterocycles. The lowest BCUT2D eigenvalue weighted by molar-refractivity contribution is -0.0290. The molecule has 2 heteroatoms. The van der Waals surface area contributed by atoms with Crippen LogP contribution in [0, 0.1) is 0 Å². The molecule has 0 radical (unpaired) electrons. The van der Waals surface area contributed by atoms with Gasteiger partial charge in [-0.1, -0.05) is 121 Å². The standard InChI is InChI=1S/C30H29NO/c1-31-28(24-18-10-4-11-19-24)26(22-14-6-2-7-15-22)30(32)27(23-16-8-3-9-17-23)29(31)25-20-12-5-13-21-25/h2-21,26-30,32H,1H3. The summed E-state index contributed by atoms with van der Waals surface area (Å²) in [5, 5.41) is 12.1. The van der Waals surface area contributed by atoms with Crippen LogP contribution in [-0.2, 0) is 0 Å². The van der Waals surface area contributed by atoms with Crippen molar-refractivity contribution in [1.82, 2.24) is 4.90 Å². The van der Waals surface area contributed by atoms with Crippen LogP contribution in [0.2, 0.25) is 0 Å². The van der Waals surface area contributed by atoms with Gasteiger partial charge in [0, 0.05) is 23.9 Å². The van der Waals surface area contributed by atoms with Crippen molar-refractivity contribution >= 4 is 0 Å². The van der Waals surface area contributed by atoms with Gasteiger partial charge in [-0.25, -0.2) is 0 Å². The van der Waals surface area contributed by atoms with Crippen LogP contribution in [0.3, 0.4) is 0 Å². The fourth-order valence-electron chi connectivity index (χ4n) is 5.57. The first-order valence-electron chi connectivity index (χ1n) is 11.4. The summed E-state index contributed by atoms with van der Waals surface area (Å²) in [5.74, 6) is -0.0949. The zero-order valence-electron chi connectivity index (χ0n) is 18.3. The number of aliphatic hydroxyl groups excluding tert-OH is 1. The van der Waals surface area contributed by atoms with E-state index in [1.54, 1.807) is 0 Å². The van der Waals surface area contributed by atoms with Gasteiger partial charge in [-0.2, -0.15) is 0 Å². The normalized spacial score (nSPS) is 26.0. The molecular formula is C30H29NO. The Labute approximate surface area is 190 Å². The molecule has 4 unspecified atom stereocenters. The molecule has 2 nitrogen and oxygen atoms in total. The molecule has 0 amide bonds. The maximum atomic E-state index is 12.1. The van der Waals surface area contributed by atoms with Crippen molar-refractivity contribution in [3.8, 4) is 0 Å². The van der Waals surface area contributed by atoms with Gasteiger partial charge in [0.15, 0.2) is 0 Å². The minimum absolute atomic E-state index is 0.0474. The van der Waals surface area contributed by atoms with Gasteiger partial charge >= 0.3 is 0 Å². The SMILES string of the molecule is CN1C(c2ccccc2)C(c2ccccc2)C(O)C(c2ccccc2)C1c1ccccc1. The molecule has 1 aliphatic rings. The highest BCUT2D eigenvalue weighted by atomic mass is 16.3. The Kier molecular flexibility index (Phi) is 5.89. The maximum absolute atomic E-state index is 12.1. The van der Waals surface area contributed by atoms with E-state index in [0.29, 0.717) is 0 Å². The second kappa shape index (κ2) is 9.12. The fraction of sp³-hybridized carbons (Fsp3) is 0.200. The average Bonchev–Trinajstić information content (AvgIpc) is 2.87. The third kappa shape index (κ3) is 3.77. The Bertz CT molecular complexity index is 931. The number of hydrogen-bond donors (Lipinski definition) is 1. The van der Waals surface area contributed by atoms with Crippen LogP contribution >= 0.6 is 0 Å². The largest absolute Gasteiger partial charge is 0.392 e. The smallest absolute Gasteiger partial charge is 0.0713 e. The molecule has 0 aliphatic carbocycles. The minimum Gasteiger partial charge on any atom is -0.392 e. The van der Waals surface area contributed by atoms with Gasteiger partial charge in [-0.05, 0) is 29.3 Å². The molecule has 1 N–H and O–H groups in total. The van der Waals surface area contributed by atoms with Crippen LogP contribution in [0.1, 0.15) is 46.2 Å². The first-order valence-corrected chi connectivity index (χ1v) is 11.4. The summed E-state index contributed by atoms with van der Waals surface area (Å²) in [5.41, 5.74) is 4.81. The molecule has 160 valence electrons. The fourth-order valence-corrected chi connectivity index (χ4v) is 5.57. The Morgan fingerprint density at radius 2 is 0.750 bits per heavy atom. The van der Waals surface area contributed by atoms with E-state index < -0.39 is 6.10 Å². The van der Waals surface area contributed by atoms with E-state index in [0.717, 1.165) is 0 Å². The van der Waals surface area contributed by atoms with Gasteiger partial charge in [0.25, 0.3) is 0 Å². The minimum atomic E-state index is -0.536. The van der Waals surface area contributed by atoms with Gasteiger partial charge in [-0.15, -0.1) is 0 Å². The number of hydrogen-bond acceptors (Lipinski definition) is 2. The van der Waals surface area contributed by atoms with E-state index in [4.69, 9.17) is 0 Å². The van der Waals surface area contributed by atoms with Gasteiger partial charge in [0.1, 0.15) is 0 Å². The summed E-state index contributed by atoms with van der Waals surface area (Å²) in [7, 11) is 2.22. The molecule has 0 aromatic heterocycles. The first kappa shape index (κ1) is 20.7. The van der Waals surface area contributed by atoms with Gasteiger partial charge < -0.3 is 5.11 Å². The number of aliphatic hydroxyl groups is 1. The number of piperidine rings is 1. The lowest BCUT2D eigenvalue weighted by Crippen LogP contribution is -2.49. The van der Waals surface area contributed by atoms with Crippen molar-refractivity contribution < 1.29 is 5.11 Å². The summed E-state index contributed by atoms with van der Waals surface area (Å²) in [6.07, 6.45) is -0.536. The molecule has 0 spiro atoms. The number of rotatable bonds is 4. The zero-order chi connectivity index (χ0) is 21.9. The Hall–Kier alpha value is -3.20. The highest BCUT2D eigenvalue weighted by Gasteiger charge is 2.49. The van der Waals surface area contributed by atoms with Crippen LogP contribution in [0.4, 0.5) is 0 Å². The topological polar surface area (TPSA) is 23.5 Å². The second-order valence-corrected chi connectivity index (χ2v) is 8.74. The Balaban J connectivity index is 1.71. The van der Waals surface area contributed by atoms with E-state index in [9.17, 15) is 5.11 Å². The van der Waals surface area contributed by atoms with Gasteiger partial charge in [0.05, 0.1) is 6.10 Å². The molecule has 1 saturated heterocycles. The first-order chi connectivity index (χ1) is 15.8. The van der Waals surface area contributed by atoms with Crippen molar-refractivity contribution in [2.45, 2.75) is 30.0 Å². The number of likely N-dealkylation sites (N-methyl/N-ethyl adjacent to an activating group) is 1. The third-order valence-corrected chi connectivity index (χ3v) is 6.94. The van der Waals surface area contributed by atoms with E-state index in [1.165, 1.54) is 22.3 Å². The molecule has 0 saturated carbocycles. The van der Waals surface area contributed by atoms with Crippen LogP contribution in [0.15, 0.2) is 121 Å². The summed E-state index contributed by atoms with van der Waals surface area (Å²) in [6.45, 7) is 0. The van der Waals surface area contributed by atoms with E-state index in [-0.39, 0.29) is 23.9 Å². The lowest BCUT2D eigenvalue weighted by Gasteiger charge is -2.52. The average molecular weight is 420 g/mol. The van der Waals surface area contributed by atoms with Crippen LogP contribution in [-0.4, -0.2) is 23.2 Å². The van der Waals surface area contributed by atoms with Gasteiger partial charge in [-0.3, -0.25) is 4.90 Å². The van der Waals surface area contributed by atoms with Crippen molar-refractivity contribution in [3.05, 3.63) is 144 Å². The Morgan fingerprint density at radius 1 is 0.469 bits per heavy atom. The van der Waals surface area contributed by atoms with Crippen LogP contribution in [0.25, 0.3) is 0 Å². The second-order valence-electron chi connectivity index (χ2n) is 8.74. The highest BCUT2D eigenvalue weighted by Crippen LogP contribution is 2.54. The van der Waals surface area contributed by atoms with Crippen molar-refractivity contribution in [2.75, 3.05) is 7.05 Å². The number of benzene rings is 4. The van der Waals surface area contributed by atoms with E-state index in [2.05, 4.69) is 121 Å². The lowest BCUT2D eigenvalue weighted by atomic mass is 9.67. The number of nitrogens with zero attached hydrogens (tertiary/aromatic N) is 1. The highest BCUT2D eigenvalue weighted by molar-refractivity contribution is 5.38. The summed E-state index contributed by atoms with van der Waals surface area (Å²) in [4.78, 5) is 2.48. The van der Waals surface area contributed by atoms with Crippen molar-refractivity contribution in [1.29, 1.82) is 0 Å². The maximum Gasteiger partial charge on any atom is 0.0713 e. The molecule has 4 aromatic carbocycles. The third-order valence-electron chi connectivity index (χ3n) is 6.94. The van der Waals surface area contributed by atoms with Gasteiger partial charge in [0.2, 0.25) is 0 Å². The summed E-state index contributed by atoms with van der Waals surface area (Å²) in [6, 6.07) is 42.4. The van der Waals surface area contributed by atoms with E-state index in [1.807, 2.05) is 12.1 Å². The molecule has 1 aliphatic heterocycles. The number of likely N-dealkylation sites (tertiary alicyclic amines) is 1. The molecule has 32 heavy (non-hydrogen) atoms. The molecule has 1 fully saturated rings. The predicted molar refractivity (Wildman–Crippen MR) is 131 cm³/mol. The summed E-state index contributed by atoms with van der Waals surface area (Å²) >= 11 is 0.